The predicted molar refractivity (Wildman–Crippen MR) is 108 cm³/mol. The number of hydrogen-bond donors (Lipinski definition) is 2. The lowest BCUT2D eigenvalue weighted by molar-refractivity contribution is 0.155. The summed E-state index contributed by atoms with van der Waals surface area (Å²) in [7, 11) is 0. The Morgan fingerprint density at radius 2 is 1.80 bits per heavy atom. The standard InChI is InChI=1S/C21H19FN2O6/c1-3-29-20(27)23-16-10-13(25)6-7-14(16)18-11-19(26)15-9-12(22)5-8-17(15)24(18)21(28)30-4-2/h5-11,25H,3-4H2,1-2H3,(H,23,27). The number of nitrogens with one attached hydrogen (secondary N) is 1. The molecule has 2 N–H and O–H groups in total. The zero-order chi connectivity index (χ0) is 21.8. The van der Waals surface area contributed by atoms with Gasteiger partial charge in [-0.25, -0.2) is 18.5 Å². The molecule has 1 heterocycles. The number of nitrogens with zero attached hydrogens (tertiary/aromatic N) is 1. The lowest BCUT2D eigenvalue weighted by Crippen LogP contribution is -2.21. The van der Waals surface area contributed by atoms with Crippen LogP contribution in [0.2, 0.25) is 0 Å². The van der Waals surface area contributed by atoms with E-state index in [1.54, 1.807) is 13.8 Å². The fourth-order valence-corrected chi connectivity index (χ4v) is 3.02. The molecule has 0 atom stereocenters. The van der Waals surface area contributed by atoms with Crippen molar-refractivity contribution in [2.45, 2.75) is 13.8 Å². The Labute approximate surface area is 170 Å². The third-order valence-corrected chi connectivity index (χ3v) is 4.22. The zero-order valence-corrected chi connectivity index (χ0v) is 16.3. The van der Waals surface area contributed by atoms with Crippen LogP contribution in [0, 0.1) is 5.82 Å². The molecule has 8 nitrogen and oxygen atoms in total. The lowest BCUT2D eigenvalue weighted by Gasteiger charge is -2.18. The fraction of sp³-hybridized carbons (Fsp3) is 0.190. The summed E-state index contributed by atoms with van der Waals surface area (Å²) in [6.45, 7) is 3.44. The van der Waals surface area contributed by atoms with Crippen LogP contribution in [0.15, 0.2) is 47.3 Å². The van der Waals surface area contributed by atoms with Crippen molar-refractivity contribution in [3.8, 4) is 17.0 Å². The van der Waals surface area contributed by atoms with E-state index in [0.717, 1.165) is 22.8 Å². The molecule has 0 saturated carbocycles. The van der Waals surface area contributed by atoms with Crippen molar-refractivity contribution < 1.29 is 28.6 Å². The van der Waals surface area contributed by atoms with Gasteiger partial charge in [0, 0.05) is 23.1 Å². The summed E-state index contributed by atoms with van der Waals surface area (Å²) in [5, 5.41) is 12.3. The number of carbonyl (C=O) groups excluding carboxylic acids is 2. The Morgan fingerprint density at radius 1 is 1.07 bits per heavy atom. The Morgan fingerprint density at radius 3 is 2.50 bits per heavy atom. The number of halogens is 1. The van der Waals surface area contributed by atoms with Gasteiger partial charge in [0.1, 0.15) is 11.6 Å². The first kappa shape index (κ1) is 20.8. The highest BCUT2D eigenvalue weighted by Gasteiger charge is 2.21. The van der Waals surface area contributed by atoms with Crippen molar-refractivity contribution in [2.75, 3.05) is 18.5 Å². The molecule has 0 unspecified atom stereocenters. The topological polar surface area (TPSA) is 107 Å². The van der Waals surface area contributed by atoms with Gasteiger partial charge in [0.15, 0.2) is 5.43 Å². The van der Waals surface area contributed by atoms with Crippen molar-refractivity contribution in [1.29, 1.82) is 0 Å². The molecule has 0 aliphatic rings. The maximum absolute atomic E-state index is 13.7. The van der Waals surface area contributed by atoms with Crippen LogP contribution in [0.5, 0.6) is 5.75 Å². The van der Waals surface area contributed by atoms with E-state index in [1.165, 1.54) is 24.3 Å². The SMILES string of the molecule is CCOC(=O)Nc1cc(O)ccc1-c1cc(=O)c2cc(F)ccc2n1C(=O)OCC. The minimum atomic E-state index is -0.792. The Balaban J connectivity index is 2.32. The van der Waals surface area contributed by atoms with Crippen LogP contribution < -0.4 is 10.7 Å². The average Bonchev–Trinajstić information content (AvgIpc) is 2.68. The number of phenolic OH excluding ortho intramolecular Hbond substituents is 1. The summed E-state index contributed by atoms with van der Waals surface area (Å²) in [5.74, 6) is -0.782. The number of phenols is 1. The minimum absolute atomic E-state index is 0.00881. The molecular weight excluding hydrogens is 395 g/mol. The highest BCUT2D eigenvalue weighted by atomic mass is 19.1. The average molecular weight is 414 g/mol. The Kier molecular flexibility index (Phi) is 6.01. The molecule has 0 fully saturated rings. The first-order valence-electron chi connectivity index (χ1n) is 9.15. The molecule has 1 amide bonds. The molecule has 0 spiro atoms. The molecule has 0 saturated heterocycles. The number of pyridine rings is 1. The second-order valence-corrected chi connectivity index (χ2v) is 6.16. The minimum Gasteiger partial charge on any atom is -0.508 e. The summed E-state index contributed by atoms with van der Waals surface area (Å²) >= 11 is 0. The van der Waals surface area contributed by atoms with Crippen LogP contribution in [0.3, 0.4) is 0 Å². The largest absolute Gasteiger partial charge is 0.508 e. The zero-order valence-electron chi connectivity index (χ0n) is 16.3. The smallest absolute Gasteiger partial charge is 0.418 e. The van der Waals surface area contributed by atoms with Gasteiger partial charge in [-0.2, -0.15) is 0 Å². The van der Waals surface area contributed by atoms with Gasteiger partial charge in [-0.15, -0.1) is 0 Å². The molecular formula is C21H19FN2O6. The Bertz CT molecular complexity index is 1190. The third-order valence-electron chi connectivity index (χ3n) is 4.22. The van der Waals surface area contributed by atoms with Crippen molar-refractivity contribution in [3.05, 3.63) is 58.5 Å². The van der Waals surface area contributed by atoms with E-state index in [0.29, 0.717) is 0 Å². The van der Waals surface area contributed by atoms with Gasteiger partial charge in [0.05, 0.1) is 30.1 Å². The summed E-state index contributed by atoms with van der Waals surface area (Å²) < 4.78 is 24.8. The number of hydrogen-bond acceptors (Lipinski definition) is 6. The van der Waals surface area contributed by atoms with E-state index in [-0.39, 0.29) is 46.8 Å². The molecule has 1 aromatic heterocycles. The molecule has 156 valence electrons. The molecule has 0 aliphatic heterocycles. The molecule has 3 aromatic rings. The van der Waals surface area contributed by atoms with Gasteiger partial charge in [0.2, 0.25) is 0 Å². The van der Waals surface area contributed by atoms with Crippen molar-refractivity contribution in [1.82, 2.24) is 4.57 Å². The summed E-state index contributed by atoms with van der Waals surface area (Å²) in [4.78, 5) is 37.3. The van der Waals surface area contributed by atoms with E-state index in [4.69, 9.17) is 9.47 Å². The van der Waals surface area contributed by atoms with E-state index < -0.39 is 23.4 Å². The van der Waals surface area contributed by atoms with Crippen LogP contribution in [-0.4, -0.2) is 35.1 Å². The van der Waals surface area contributed by atoms with Gasteiger partial charge < -0.3 is 14.6 Å². The number of carbonyl (C=O) groups is 2. The van der Waals surface area contributed by atoms with Gasteiger partial charge in [0.25, 0.3) is 0 Å². The number of benzene rings is 2. The van der Waals surface area contributed by atoms with E-state index in [1.807, 2.05) is 0 Å². The number of amides is 1. The molecule has 30 heavy (non-hydrogen) atoms. The number of aromatic hydroxyl groups is 1. The molecule has 0 radical (unpaired) electrons. The first-order valence-corrected chi connectivity index (χ1v) is 9.15. The number of fused-ring (bicyclic) bond motifs is 1. The van der Waals surface area contributed by atoms with Crippen LogP contribution >= 0.6 is 0 Å². The second-order valence-electron chi connectivity index (χ2n) is 6.16. The Hall–Kier alpha value is -3.88. The van der Waals surface area contributed by atoms with E-state index in [2.05, 4.69) is 5.32 Å². The molecule has 2 aromatic carbocycles. The maximum atomic E-state index is 13.7. The van der Waals surface area contributed by atoms with Crippen LogP contribution in [0.25, 0.3) is 22.2 Å². The predicted octanol–water partition coefficient (Wildman–Crippen LogP) is 4.09. The van der Waals surface area contributed by atoms with E-state index >= 15 is 0 Å². The second kappa shape index (κ2) is 8.64. The molecule has 0 aliphatic carbocycles. The quantitative estimate of drug-likeness (QED) is 0.666. The van der Waals surface area contributed by atoms with Crippen LogP contribution in [0.1, 0.15) is 13.8 Å². The lowest BCUT2D eigenvalue weighted by atomic mass is 10.1. The van der Waals surface area contributed by atoms with Gasteiger partial charge in [-0.1, -0.05) is 0 Å². The number of ether oxygens (including phenoxy) is 2. The monoisotopic (exact) mass is 414 g/mol. The maximum Gasteiger partial charge on any atom is 0.418 e. The van der Waals surface area contributed by atoms with Crippen molar-refractivity contribution in [3.63, 3.8) is 0 Å². The van der Waals surface area contributed by atoms with Crippen molar-refractivity contribution in [2.24, 2.45) is 0 Å². The number of rotatable bonds is 4. The number of anilines is 1. The third kappa shape index (κ3) is 4.09. The summed E-state index contributed by atoms with van der Waals surface area (Å²) in [5.41, 5.74) is 0.0386. The van der Waals surface area contributed by atoms with Crippen LogP contribution in [-0.2, 0) is 9.47 Å². The first-order chi connectivity index (χ1) is 14.3. The highest BCUT2D eigenvalue weighted by Crippen LogP contribution is 2.32. The summed E-state index contributed by atoms with van der Waals surface area (Å²) in [6, 6.07) is 8.60. The van der Waals surface area contributed by atoms with Gasteiger partial charge >= 0.3 is 12.2 Å². The normalized spacial score (nSPS) is 10.6. The fourth-order valence-electron chi connectivity index (χ4n) is 3.02. The molecule has 9 heteroatoms. The van der Waals surface area contributed by atoms with Crippen LogP contribution in [0.4, 0.5) is 19.7 Å². The van der Waals surface area contributed by atoms with Gasteiger partial charge in [-0.05, 0) is 44.2 Å². The molecule has 0 bridgehead atoms. The van der Waals surface area contributed by atoms with Crippen molar-refractivity contribution >= 4 is 28.8 Å². The number of aromatic nitrogens is 1. The molecule has 3 rings (SSSR count). The van der Waals surface area contributed by atoms with Gasteiger partial charge in [-0.3, -0.25) is 10.1 Å². The highest BCUT2D eigenvalue weighted by molar-refractivity contribution is 5.97. The van der Waals surface area contributed by atoms with E-state index in [9.17, 15) is 23.9 Å². The summed E-state index contributed by atoms with van der Waals surface area (Å²) in [6.07, 6.45) is -1.57.